The molecule has 0 aromatic heterocycles. The van der Waals surface area contributed by atoms with Gasteiger partial charge in [-0.25, -0.2) is 8.42 Å². The summed E-state index contributed by atoms with van der Waals surface area (Å²) in [4.78, 5) is 13.7. The Hall–Kier alpha value is -3.80. The number of hydrogen-bond acceptors (Lipinski definition) is 8. The molecule has 238 valence electrons. The summed E-state index contributed by atoms with van der Waals surface area (Å²) in [5.74, 6) is 1.13. The first-order chi connectivity index (χ1) is 21.2. The van der Waals surface area contributed by atoms with E-state index in [1.807, 2.05) is 55.5 Å². The molecule has 1 amide bonds. The maximum absolute atomic E-state index is 13.7. The second kappa shape index (κ2) is 15.8. The summed E-state index contributed by atoms with van der Waals surface area (Å²) >= 11 is 0. The number of anilines is 2. The number of aliphatic hydroxyl groups excluding tert-OH is 1. The van der Waals surface area contributed by atoms with Gasteiger partial charge in [0.2, 0.25) is 10.0 Å². The fourth-order valence-electron chi connectivity index (χ4n) is 5.31. The van der Waals surface area contributed by atoms with Crippen molar-refractivity contribution in [1.82, 2.24) is 10.6 Å². The van der Waals surface area contributed by atoms with E-state index in [9.17, 15) is 18.3 Å². The number of methoxy groups -OCH3 is 2. The van der Waals surface area contributed by atoms with Gasteiger partial charge in [-0.1, -0.05) is 30.3 Å². The number of aliphatic hydroxyl groups is 1. The first kappa shape index (κ1) is 33.1. The highest BCUT2D eigenvalue weighted by molar-refractivity contribution is 7.92. The molecule has 44 heavy (non-hydrogen) atoms. The van der Waals surface area contributed by atoms with Crippen molar-refractivity contribution in [1.29, 1.82) is 0 Å². The number of carbonyl (C=O) groups is 1. The van der Waals surface area contributed by atoms with Crippen LogP contribution in [0.4, 0.5) is 11.4 Å². The van der Waals surface area contributed by atoms with Crippen LogP contribution in [0.15, 0.2) is 66.7 Å². The van der Waals surface area contributed by atoms with E-state index in [0.29, 0.717) is 67.3 Å². The average molecular weight is 625 g/mol. The molecule has 3 aromatic rings. The van der Waals surface area contributed by atoms with Crippen LogP contribution in [0.1, 0.15) is 41.3 Å². The maximum atomic E-state index is 13.7. The smallest absolute Gasteiger partial charge is 0.251 e. The Kier molecular flexibility index (Phi) is 11.9. The molecule has 4 rings (SSSR count). The van der Waals surface area contributed by atoms with Gasteiger partial charge in [-0.3, -0.25) is 9.10 Å². The molecule has 2 atom stereocenters. The van der Waals surface area contributed by atoms with Crippen molar-refractivity contribution in [2.75, 3.05) is 55.8 Å². The van der Waals surface area contributed by atoms with Crippen LogP contribution in [-0.2, 0) is 22.9 Å². The number of sulfonamides is 1. The third-order valence-corrected chi connectivity index (χ3v) is 9.50. The first-order valence-electron chi connectivity index (χ1n) is 15.1. The van der Waals surface area contributed by atoms with E-state index in [1.165, 1.54) is 4.31 Å². The molecule has 1 aliphatic rings. The van der Waals surface area contributed by atoms with Gasteiger partial charge in [0.1, 0.15) is 11.5 Å². The molecule has 1 fully saturated rings. The van der Waals surface area contributed by atoms with Crippen molar-refractivity contribution >= 4 is 27.3 Å². The molecule has 10 nitrogen and oxygen atoms in total. The van der Waals surface area contributed by atoms with Crippen LogP contribution in [0.3, 0.4) is 0 Å². The number of carbonyl (C=O) groups excluding carboxylic acids is 1. The minimum absolute atomic E-state index is 0.0870. The number of hydrogen-bond donors (Lipinski definition) is 4. The van der Waals surface area contributed by atoms with Crippen LogP contribution in [0.5, 0.6) is 11.5 Å². The second-order valence-corrected chi connectivity index (χ2v) is 12.9. The molecule has 1 heterocycles. The molecule has 1 aliphatic heterocycles. The molecular weight excluding hydrogens is 580 g/mol. The zero-order valence-corrected chi connectivity index (χ0v) is 26.5. The molecule has 0 saturated carbocycles. The third kappa shape index (κ3) is 9.10. The van der Waals surface area contributed by atoms with Gasteiger partial charge < -0.3 is 30.5 Å². The summed E-state index contributed by atoms with van der Waals surface area (Å²) in [6.45, 7) is 3.78. The van der Waals surface area contributed by atoms with E-state index >= 15 is 0 Å². The van der Waals surface area contributed by atoms with Crippen molar-refractivity contribution in [2.45, 2.75) is 44.8 Å². The quantitative estimate of drug-likeness (QED) is 0.189. The van der Waals surface area contributed by atoms with Crippen LogP contribution >= 0.6 is 0 Å². The molecule has 0 bridgehead atoms. The van der Waals surface area contributed by atoms with E-state index in [0.717, 1.165) is 17.5 Å². The van der Waals surface area contributed by atoms with E-state index in [1.54, 1.807) is 32.4 Å². The topological polar surface area (TPSA) is 129 Å². The monoisotopic (exact) mass is 624 g/mol. The number of rotatable bonds is 15. The van der Waals surface area contributed by atoms with E-state index in [4.69, 9.17) is 9.47 Å². The van der Waals surface area contributed by atoms with Gasteiger partial charge in [-0.15, -0.1) is 0 Å². The van der Waals surface area contributed by atoms with Gasteiger partial charge in [0.15, 0.2) is 0 Å². The number of nitrogens with zero attached hydrogens (tertiary/aromatic N) is 1. The zero-order chi connectivity index (χ0) is 31.5. The minimum atomic E-state index is -3.46. The van der Waals surface area contributed by atoms with E-state index in [-0.39, 0.29) is 18.2 Å². The standard InChI is InChI=1S/C33H44N4O6S/c1-4-35-27-19-26(20-28(21-27)37-14-8-9-15-44(37,40)41)33(39)36-31(18-24-10-6-5-7-11-24)32(38)23-34-13-12-25-16-29(42-2)22-30(17-25)43-3/h5-7,10-11,16-17,19-22,31-32,34-35,38H,4,8-9,12-15,18,23H2,1-3H3,(H,36,39)/t31-,32+/m0/s1. The Morgan fingerprint density at radius 2 is 1.70 bits per heavy atom. The Balaban J connectivity index is 1.48. The predicted molar refractivity (Wildman–Crippen MR) is 174 cm³/mol. The SMILES string of the molecule is CCNc1cc(C(=O)N[C@@H](Cc2ccccc2)[C@H](O)CNCCc2cc(OC)cc(OC)c2)cc(N2CCCCS2(=O)=O)c1. The normalized spacial score (nSPS) is 15.7. The molecular formula is C33H44N4O6S. The molecule has 4 N–H and O–H groups in total. The zero-order valence-electron chi connectivity index (χ0n) is 25.7. The lowest BCUT2D eigenvalue weighted by Gasteiger charge is -2.29. The van der Waals surface area contributed by atoms with Gasteiger partial charge in [-0.05, 0) is 80.6 Å². The van der Waals surface area contributed by atoms with Crippen molar-refractivity contribution in [3.63, 3.8) is 0 Å². The Bertz CT molecular complexity index is 1460. The van der Waals surface area contributed by atoms with Crippen LogP contribution in [-0.4, -0.2) is 77.7 Å². The average Bonchev–Trinajstić information content (AvgIpc) is 3.02. The summed E-state index contributed by atoms with van der Waals surface area (Å²) in [6, 6.07) is 19.9. The lowest BCUT2D eigenvalue weighted by Crippen LogP contribution is -2.49. The van der Waals surface area contributed by atoms with Gasteiger partial charge in [0.05, 0.1) is 37.8 Å². The molecule has 0 unspecified atom stereocenters. The highest BCUT2D eigenvalue weighted by atomic mass is 32.2. The highest BCUT2D eigenvalue weighted by Crippen LogP contribution is 2.28. The van der Waals surface area contributed by atoms with E-state index in [2.05, 4.69) is 16.0 Å². The van der Waals surface area contributed by atoms with Crippen molar-refractivity contribution in [3.05, 3.63) is 83.4 Å². The van der Waals surface area contributed by atoms with Gasteiger partial charge in [0, 0.05) is 37.0 Å². The fourth-order valence-corrected chi connectivity index (χ4v) is 6.93. The number of ether oxygens (including phenoxy) is 2. The lowest BCUT2D eigenvalue weighted by atomic mass is 10.00. The molecule has 0 spiro atoms. The number of amides is 1. The highest BCUT2D eigenvalue weighted by Gasteiger charge is 2.28. The molecule has 0 aliphatic carbocycles. The molecule has 3 aromatic carbocycles. The Labute approximate surface area is 260 Å². The summed E-state index contributed by atoms with van der Waals surface area (Å²) in [5.41, 5.74) is 3.45. The lowest BCUT2D eigenvalue weighted by molar-refractivity contribution is 0.0831. The largest absolute Gasteiger partial charge is 0.497 e. The van der Waals surface area contributed by atoms with Crippen LogP contribution < -0.4 is 29.7 Å². The van der Waals surface area contributed by atoms with Crippen LogP contribution in [0, 0.1) is 0 Å². The summed E-state index contributed by atoms with van der Waals surface area (Å²) in [7, 11) is -0.233. The van der Waals surface area contributed by atoms with Gasteiger partial charge in [-0.2, -0.15) is 0 Å². The fraction of sp³-hybridized carbons (Fsp3) is 0.424. The van der Waals surface area contributed by atoms with Crippen LogP contribution in [0.25, 0.3) is 0 Å². The van der Waals surface area contributed by atoms with Crippen LogP contribution in [0.2, 0.25) is 0 Å². The summed E-state index contributed by atoms with van der Waals surface area (Å²) in [5, 5.41) is 20.8. The molecule has 0 radical (unpaired) electrons. The Morgan fingerprint density at radius 3 is 2.36 bits per heavy atom. The third-order valence-electron chi connectivity index (χ3n) is 7.63. The molecule has 1 saturated heterocycles. The van der Waals surface area contributed by atoms with Crippen molar-refractivity contribution < 1.29 is 27.8 Å². The predicted octanol–water partition coefficient (Wildman–Crippen LogP) is 3.60. The number of benzene rings is 3. The summed E-state index contributed by atoms with van der Waals surface area (Å²) < 4.78 is 37.8. The second-order valence-electron chi connectivity index (χ2n) is 10.9. The minimum Gasteiger partial charge on any atom is -0.497 e. The summed E-state index contributed by atoms with van der Waals surface area (Å²) in [6.07, 6.45) is 1.60. The first-order valence-corrected chi connectivity index (χ1v) is 16.7. The van der Waals surface area contributed by atoms with Crippen molar-refractivity contribution in [3.8, 4) is 11.5 Å². The molecule has 11 heteroatoms. The van der Waals surface area contributed by atoms with Crippen molar-refractivity contribution in [2.24, 2.45) is 0 Å². The van der Waals surface area contributed by atoms with E-state index < -0.39 is 22.2 Å². The number of nitrogens with one attached hydrogen (secondary N) is 3. The Morgan fingerprint density at radius 1 is 0.977 bits per heavy atom. The maximum Gasteiger partial charge on any atom is 0.251 e. The van der Waals surface area contributed by atoms with Gasteiger partial charge >= 0.3 is 0 Å². The van der Waals surface area contributed by atoms with Gasteiger partial charge in [0.25, 0.3) is 5.91 Å².